The first-order chi connectivity index (χ1) is 10.5. The van der Waals surface area contributed by atoms with Crippen LogP contribution in [0.25, 0.3) is 11.0 Å². The number of fused-ring (bicyclic) bond motifs is 1. The van der Waals surface area contributed by atoms with Crippen molar-refractivity contribution in [3.05, 3.63) is 27.1 Å². The maximum Gasteiger partial charge on any atom is 0.348 e. The molecule has 0 spiro atoms. The molecule has 1 saturated heterocycles. The van der Waals surface area contributed by atoms with Crippen LogP contribution in [-0.2, 0) is 16.6 Å². The van der Waals surface area contributed by atoms with Gasteiger partial charge in [-0.2, -0.15) is 9.69 Å². The molecule has 0 radical (unpaired) electrons. The van der Waals surface area contributed by atoms with Crippen LogP contribution in [0.2, 0.25) is 0 Å². The highest BCUT2D eigenvalue weighted by molar-refractivity contribution is 9.10. The van der Waals surface area contributed by atoms with Gasteiger partial charge in [-0.15, -0.1) is 0 Å². The molecule has 0 atom stereocenters. The van der Waals surface area contributed by atoms with E-state index in [1.807, 2.05) is 0 Å². The van der Waals surface area contributed by atoms with Gasteiger partial charge in [-0.1, -0.05) is 0 Å². The van der Waals surface area contributed by atoms with Gasteiger partial charge in [-0.3, -0.25) is 14.2 Å². The molecule has 0 N–H and O–H groups in total. The van der Waals surface area contributed by atoms with Crippen molar-refractivity contribution >= 4 is 38.8 Å². The first-order valence-electron chi connectivity index (χ1n) is 6.77. The number of ether oxygens (including phenoxy) is 1. The van der Waals surface area contributed by atoms with E-state index in [9.17, 15) is 14.4 Å². The summed E-state index contributed by atoms with van der Waals surface area (Å²) in [5.41, 5.74) is 0.590. The second-order valence-corrected chi connectivity index (χ2v) is 5.85. The Hall–Kier alpha value is -2.09. The number of benzene rings is 1. The molecule has 1 aromatic heterocycles. The topological polar surface area (TPSA) is 73.5 Å². The van der Waals surface area contributed by atoms with E-state index in [1.54, 1.807) is 19.2 Å². The first kappa shape index (κ1) is 14.8. The molecule has 2 amide bonds. The molecule has 1 fully saturated rings. The standard InChI is InChI=1S/C14H14BrN3O4/c1-16-13-8(6-7-9(22-2)12(13)15)17(14(16)21)18-10(19)4-3-5-11(18)20/h6-7H,3-5H2,1-2H3. The molecule has 8 heteroatoms. The van der Waals surface area contributed by atoms with Gasteiger partial charge in [0, 0.05) is 19.9 Å². The van der Waals surface area contributed by atoms with Gasteiger partial charge >= 0.3 is 5.69 Å². The average molecular weight is 368 g/mol. The highest BCUT2D eigenvalue weighted by atomic mass is 79.9. The van der Waals surface area contributed by atoms with E-state index >= 15 is 0 Å². The number of piperidine rings is 1. The minimum atomic E-state index is -0.451. The Bertz CT molecular complexity index is 836. The predicted octanol–water partition coefficient (Wildman–Crippen LogP) is 1.29. The van der Waals surface area contributed by atoms with Gasteiger partial charge in [-0.05, 0) is 34.5 Å². The molecule has 22 heavy (non-hydrogen) atoms. The maximum absolute atomic E-state index is 12.5. The second-order valence-electron chi connectivity index (χ2n) is 5.06. The zero-order valence-corrected chi connectivity index (χ0v) is 13.7. The molecule has 3 rings (SSSR count). The minimum Gasteiger partial charge on any atom is -0.495 e. The Morgan fingerprint density at radius 2 is 1.77 bits per heavy atom. The summed E-state index contributed by atoms with van der Waals surface area (Å²) in [5.74, 6) is -0.160. The number of rotatable bonds is 2. The van der Waals surface area contributed by atoms with Crippen LogP contribution >= 0.6 is 15.9 Å². The summed E-state index contributed by atoms with van der Waals surface area (Å²) in [7, 11) is 3.11. The molecule has 1 aromatic carbocycles. The van der Waals surface area contributed by atoms with Crippen molar-refractivity contribution in [3.63, 3.8) is 0 Å². The summed E-state index contributed by atoms with van der Waals surface area (Å²) >= 11 is 3.41. The van der Waals surface area contributed by atoms with E-state index in [-0.39, 0.29) is 24.7 Å². The SMILES string of the molecule is COc1ccc2c(c1Br)n(C)c(=O)n2N1C(=O)CCCC1=O. The summed E-state index contributed by atoms with van der Waals surface area (Å²) in [4.78, 5) is 36.8. The minimum absolute atomic E-state index is 0.256. The van der Waals surface area contributed by atoms with Gasteiger partial charge in [0.2, 0.25) is 11.8 Å². The van der Waals surface area contributed by atoms with E-state index < -0.39 is 5.69 Å². The molecule has 7 nitrogen and oxygen atoms in total. The molecule has 0 bridgehead atoms. The molecule has 0 saturated carbocycles. The summed E-state index contributed by atoms with van der Waals surface area (Å²) in [5, 5.41) is 0.951. The van der Waals surface area contributed by atoms with Crippen molar-refractivity contribution < 1.29 is 14.3 Å². The molecular formula is C14H14BrN3O4. The van der Waals surface area contributed by atoms with Crippen LogP contribution in [0.3, 0.4) is 0 Å². The Labute approximate surface area is 134 Å². The number of imidazole rings is 1. The maximum atomic E-state index is 12.5. The predicted molar refractivity (Wildman–Crippen MR) is 83.5 cm³/mol. The number of hydrogen-bond acceptors (Lipinski definition) is 4. The molecular weight excluding hydrogens is 354 g/mol. The zero-order valence-electron chi connectivity index (χ0n) is 12.1. The Morgan fingerprint density at radius 3 is 2.36 bits per heavy atom. The number of halogens is 1. The van der Waals surface area contributed by atoms with Crippen LogP contribution in [0.5, 0.6) is 5.75 Å². The van der Waals surface area contributed by atoms with Crippen LogP contribution in [0.4, 0.5) is 0 Å². The Morgan fingerprint density at radius 1 is 1.14 bits per heavy atom. The van der Waals surface area contributed by atoms with Crippen molar-refractivity contribution in [1.29, 1.82) is 0 Å². The monoisotopic (exact) mass is 367 g/mol. The third-order valence-corrected chi connectivity index (χ3v) is 4.53. The fraction of sp³-hybridized carbons (Fsp3) is 0.357. The number of carbonyl (C=O) groups excluding carboxylic acids is 2. The molecule has 2 heterocycles. The van der Waals surface area contributed by atoms with E-state index in [4.69, 9.17) is 4.74 Å². The molecule has 0 aliphatic carbocycles. The van der Waals surface area contributed by atoms with Crippen molar-refractivity contribution in [2.45, 2.75) is 19.3 Å². The van der Waals surface area contributed by atoms with Gasteiger partial charge in [0.1, 0.15) is 5.75 Å². The van der Waals surface area contributed by atoms with Crippen LogP contribution < -0.4 is 15.4 Å². The number of carbonyl (C=O) groups is 2. The summed E-state index contributed by atoms with van der Waals surface area (Å²) in [6.07, 6.45) is 1.03. The lowest BCUT2D eigenvalue weighted by molar-refractivity contribution is -0.131. The van der Waals surface area contributed by atoms with E-state index in [0.29, 0.717) is 27.7 Å². The van der Waals surface area contributed by atoms with Crippen LogP contribution in [0.1, 0.15) is 19.3 Å². The number of hydrogen-bond donors (Lipinski definition) is 0. The van der Waals surface area contributed by atoms with E-state index in [0.717, 1.165) is 9.69 Å². The molecule has 2 aromatic rings. The quantitative estimate of drug-likeness (QED) is 0.749. The van der Waals surface area contributed by atoms with Crippen LogP contribution in [-0.4, -0.2) is 28.2 Å². The van der Waals surface area contributed by atoms with Crippen molar-refractivity contribution in [2.24, 2.45) is 7.05 Å². The second kappa shape index (κ2) is 5.28. The number of amides is 2. The number of methoxy groups -OCH3 is 1. The Kier molecular flexibility index (Phi) is 3.56. The van der Waals surface area contributed by atoms with Crippen molar-refractivity contribution in [1.82, 2.24) is 9.24 Å². The van der Waals surface area contributed by atoms with Gasteiger partial charge in [0.15, 0.2) is 0 Å². The third-order valence-electron chi connectivity index (χ3n) is 3.76. The number of aromatic nitrogens is 2. The molecule has 116 valence electrons. The van der Waals surface area contributed by atoms with Gasteiger partial charge < -0.3 is 4.74 Å². The van der Waals surface area contributed by atoms with Crippen molar-refractivity contribution in [2.75, 3.05) is 12.1 Å². The van der Waals surface area contributed by atoms with Crippen LogP contribution in [0.15, 0.2) is 21.4 Å². The largest absolute Gasteiger partial charge is 0.495 e. The third kappa shape index (κ3) is 1.98. The average Bonchev–Trinajstić information content (AvgIpc) is 2.73. The lowest BCUT2D eigenvalue weighted by atomic mass is 10.1. The summed E-state index contributed by atoms with van der Waals surface area (Å²) < 4.78 is 8.35. The number of imide groups is 1. The highest BCUT2D eigenvalue weighted by Crippen LogP contribution is 2.32. The summed E-state index contributed by atoms with van der Waals surface area (Å²) in [6.45, 7) is 0. The van der Waals surface area contributed by atoms with Crippen LogP contribution in [0, 0.1) is 0 Å². The van der Waals surface area contributed by atoms with Crippen molar-refractivity contribution in [3.8, 4) is 5.75 Å². The van der Waals surface area contributed by atoms with E-state index in [2.05, 4.69) is 15.9 Å². The van der Waals surface area contributed by atoms with Gasteiger partial charge in [0.25, 0.3) is 0 Å². The van der Waals surface area contributed by atoms with E-state index in [1.165, 1.54) is 11.7 Å². The highest BCUT2D eigenvalue weighted by Gasteiger charge is 2.31. The smallest absolute Gasteiger partial charge is 0.348 e. The fourth-order valence-corrected chi connectivity index (χ4v) is 3.45. The molecule has 1 aliphatic heterocycles. The van der Waals surface area contributed by atoms with Gasteiger partial charge in [-0.25, -0.2) is 4.79 Å². The normalized spacial score (nSPS) is 15.7. The zero-order chi connectivity index (χ0) is 16.0. The Balaban J connectivity index is 2.34. The lowest BCUT2D eigenvalue weighted by Gasteiger charge is -2.25. The molecule has 1 aliphatic rings. The number of nitrogens with zero attached hydrogens (tertiary/aromatic N) is 3. The molecule has 0 unspecified atom stereocenters. The first-order valence-corrected chi connectivity index (χ1v) is 7.56. The fourth-order valence-electron chi connectivity index (χ4n) is 2.68. The lowest BCUT2D eigenvalue weighted by Crippen LogP contribution is -2.52. The number of aryl methyl sites for hydroxylation is 1. The van der Waals surface area contributed by atoms with Gasteiger partial charge in [0.05, 0.1) is 22.6 Å². The summed E-state index contributed by atoms with van der Waals surface area (Å²) in [6, 6.07) is 3.34.